The van der Waals surface area contributed by atoms with Crippen molar-refractivity contribution in [1.82, 2.24) is 20.1 Å². The van der Waals surface area contributed by atoms with E-state index in [0.717, 1.165) is 19.4 Å². The van der Waals surface area contributed by atoms with E-state index in [-0.39, 0.29) is 11.7 Å². The molecule has 0 aliphatic heterocycles. The molecule has 1 aromatic heterocycles. The normalized spacial score (nSPS) is 15.3. The lowest BCUT2D eigenvalue weighted by molar-refractivity contribution is -0.131. The summed E-state index contributed by atoms with van der Waals surface area (Å²) in [6, 6.07) is 6.79. The smallest absolute Gasteiger partial charge is 0.233 e. The minimum Gasteiger partial charge on any atom is -0.339 e. The van der Waals surface area contributed by atoms with Gasteiger partial charge in [0, 0.05) is 12.6 Å². The second-order valence-electron chi connectivity index (χ2n) is 6.21. The maximum Gasteiger partial charge on any atom is 0.233 e. The number of thioether (sulfide) groups is 1. The van der Waals surface area contributed by atoms with Gasteiger partial charge in [-0.1, -0.05) is 43.2 Å². The molecule has 134 valence electrons. The van der Waals surface area contributed by atoms with Crippen LogP contribution in [0.1, 0.15) is 39.0 Å². The Bertz CT molecular complexity index is 715. The van der Waals surface area contributed by atoms with Gasteiger partial charge in [0.05, 0.1) is 11.3 Å². The Morgan fingerprint density at radius 2 is 2.08 bits per heavy atom. The Morgan fingerprint density at radius 1 is 1.32 bits per heavy atom. The number of aromatic nitrogens is 3. The SMILES string of the molecule is CCN(C(=O)CSc1n[nH]c(-c2ccccc2F)n1)C1CCCCC1. The van der Waals surface area contributed by atoms with Gasteiger partial charge in [0.1, 0.15) is 5.82 Å². The number of nitrogens with one attached hydrogen (secondary N) is 1. The van der Waals surface area contributed by atoms with E-state index < -0.39 is 0 Å². The van der Waals surface area contributed by atoms with Crippen LogP contribution in [0, 0.1) is 5.82 Å². The fourth-order valence-corrected chi connectivity index (χ4v) is 4.01. The highest BCUT2D eigenvalue weighted by Crippen LogP contribution is 2.25. The molecule has 1 amide bonds. The third-order valence-corrected chi connectivity index (χ3v) is 5.43. The Hall–Kier alpha value is -1.89. The highest BCUT2D eigenvalue weighted by Gasteiger charge is 2.24. The first-order valence-electron chi connectivity index (χ1n) is 8.78. The van der Waals surface area contributed by atoms with E-state index in [1.165, 1.54) is 37.1 Å². The summed E-state index contributed by atoms with van der Waals surface area (Å²) in [6.45, 7) is 2.76. The van der Waals surface area contributed by atoms with Crippen molar-refractivity contribution in [2.75, 3.05) is 12.3 Å². The molecule has 25 heavy (non-hydrogen) atoms. The van der Waals surface area contributed by atoms with Crippen LogP contribution < -0.4 is 0 Å². The molecule has 1 N–H and O–H groups in total. The van der Waals surface area contributed by atoms with Crippen molar-refractivity contribution in [3.63, 3.8) is 0 Å². The van der Waals surface area contributed by atoms with Gasteiger partial charge >= 0.3 is 0 Å². The van der Waals surface area contributed by atoms with Gasteiger partial charge in [0.15, 0.2) is 5.82 Å². The average Bonchev–Trinajstić information content (AvgIpc) is 3.11. The molecule has 7 heteroatoms. The van der Waals surface area contributed by atoms with Crippen LogP contribution in [0.5, 0.6) is 0 Å². The van der Waals surface area contributed by atoms with Crippen LogP contribution in [0.3, 0.4) is 0 Å². The number of rotatable bonds is 6. The maximum atomic E-state index is 13.8. The monoisotopic (exact) mass is 362 g/mol. The van der Waals surface area contributed by atoms with Crippen LogP contribution >= 0.6 is 11.8 Å². The molecule has 1 saturated carbocycles. The highest BCUT2D eigenvalue weighted by molar-refractivity contribution is 7.99. The van der Waals surface area contributed by atoms with Gasteiger partial charge < -0.3 is 4.90 Å². The Labute approximate surface area is 151 Å². The number of hydrogen-bond acceptors (Lipinski definition) is 4. The molecule has 1 fully saturated rings. The molecule has 0 saturated heterocycles. The predicted molar refractivity (Wildman–Crippen MR) is 96.8 cm³/mol. The Morgan fingerprint density at radius 3 is 2.80 bits per heavy atom. The van der Waals surface area contributed by atoms with Crippen molar-refractivity contribution in [1.29, 1.82) is 0 Å². The quantitative estimate of drug-likeness (QED) is 0.792. The van der Waals surface area contributed by atoms with E-state index in [4.69, 9.17) is 0 Å². The third kappa shape index (κ3) is 4.39. The fourth-order valence-electron chi connectivity index (χ4n) is 3.32. The number of nitrogens with zero attached hydrogens (tertiary/aromatic N) is 3. The summed E-state index contributed by atoms with van der Waals surface area (Å²) in [7, 11) is 0. The summed E-state index contributed by atoms with van der Waals surface area (Å²) >= 11 is 1.29. The van der Waals surface area contributed by atoms with E-state index in [9.17, 15) is 9.18 Å². The van der Waals surface area contributed by atoms with Gasteiger partial charge in [-0.2, -0.15) is 0 Å². The number of amides is 1. The number of benzene rings is 1. The molecule has 0 unspecified atom stereocenters. The average molecular weight is 362 g/mol. The highest BCUT2D eigenvalue weighted by atomic mass is 32.2. The number of H-pyrrole nitrogens is 1. The van der Waals surface area contributed by atoms with Gasteiger partial charge in [-0.3, -0.25) is 9.89 Å². The van der Waals surface area contributed by atoms with Crippen LogP contribution in [0.15, 0.2) is 29.4 Å². The maximum absolute atomic E-state index is 13.8. The van der Waals surface area contributed by atoms with Crippen molar-refractivity contribution in [3.05, 3.63) is 30.1 Å². The molecule has 0 radical (unpaired) electrons. The van der Waals surface area contributed by atoms with Crippen molar-refractivity contribution in [3.8, 4) is 11.4 Å². The van der Waals surface area contributed by atoms with Gasteiger partial charge in [0.2, 0.25) is 11.1 Å². The molecule has 3 rings (SSSR count). The summed E-state index contributed by atoms with van der Waals surface area (Å²) in [5.41, 5.74) is 0.380. The van der Waals surface area contributed by atoms with Crippen molar-refractivity contribution >= 4 is 17.7 Å². The zero-order valence-electron chi connectivity index (χ0n) is 14.4. The largest absolute Gasteiger partial charge is 0.339 e. The molecule has 1 aliphatic rings. The van der Waals surface area contributed by atoms with Crippen molar-refractivity contribution in [2.45, 2.75) is 50.2 Å². The molecular formula is C18H23FN4OS. The second-order valence-corrected chi connectivity index (χ2v) is 7.15. The van der Waals surface area contributed by atoms with E-state index >= 15 is 0 Å². The van der Waals surface area contributed by atoms with E-state index in [1.807, 2.05) is 11.8 Å². The number of aromatic amines is 1. The molecule has 1 aromatic carbocycles. The molecule has 5 nitrogen and oxygen atoms in total. The Balaban J connectivity index is 1.59. The van der Waals surface area contributed by atoms with E-state index in [1.54, 1.807) is 18.2 Å². The fraction of sp³-hybridized carbons (Fsp3) is 0.500. The predicted octanol–water partition coefficient (Wildman–Crippen LogP) is 3.88. The first kappa shape index (κ1) is 17.9. The van der Waals surface area contributed by atoms with Gasteiger partial charge in [-0.25, -0.2) is 9.37 Å². The topological polar surface area (TPSA) is 61.9 Å². The molecule has 1 aliphatic carbocycles. The summed E-state index contributed by atoms with van der Waals surface area (Å²) in [5, 5.41) is 7.30. The van der Waals surface area contributed by atoms with Crippen LogP contribution in [-0.2, 0) is 4.79 Å². The summed E-state index contributed by atoms with van der Waals surface area (Å²) in [6.07, 6.45) is 5.88. The lowest BCUT2D eigenvalue weighted by atomic mass is 9.94. The Kier molecular flexibility index (Phi) is 6.07. The summed E-state index contributed by atoms with van der Waals surface area (Å²) < 4.78 is 13.8. The summed E-state index contributed by atoms with van der Waals surface area (Å²) in [4.78, 5) is 18.8. The van der Waals surface area contributed by atoms with Gasteiger partial charge in [0.25, 0.3) is 0 Å². The minimum absolute atomic E-state index is 0.122. The number of carbonyl (C=O) groups excluding carboxylic acids is 1. The zero-order valence-corrected chi connectivity index (χ0v) is 15.2. The molecule has 0 spiro atoms. The molecular weight excluding hydrogens is 339 g/mol. The number of halogens is 1. The van der Waals surface area contributed by atoms with Crippen LogP contribution in [-0.4, -0.2) is 44.3 Å². The molecule has 2 aromatic rings. The van der Waals surface area contributed by atoms with Crippen molar-refractivity contribution in [2.24, 2.45) is 0 Å². The molecule has 0 atom stereocenters. The van der Waals surface area contributed by atoms with Crippen LogP contribution in [0.4, 0.5) is 4.39 Å². The lowest BCUT2D eigenvalue weighted by Gasteiger charge is -2.33. The van der Waals surface area contributed by atoms with E-state index in [0.29, 0.717) is 28.3 Å². The first-order chi connectivity index (χ1) is 12.2. The number of carbonyl (C=O) groups is 1. The van der Waals surface area contributed by atoms with E-state index in [2.05, 4.69) is 15.2 Å². The summed E-state index contributed by atoms with van der Waals surface area (Å²) in [5.74, 6) is 0.462. The standard InChI is InChI=1S/C18H23FN4OS/c1-2-23(13-8-4-3-5-9-13)16(24)12-25-18-20-17(21-22-18)14-10-6-7-11-15(14)19/h6-7,10-11,13H,2-5,8-9,12H2,1H3,(H,20,21,22). The zero-order chi connectivity index (χ0) is 17.6. The van der Waals surface area contributed by atoms with Crippen molar-refractivity contribution < 1.29 is 9.18 Å². The van der Waals surface area contributed by atoms with Crippen LogP contribution in [0.2, 0.25) is 0 Å². The molecule has 0 bridgehead atoms. The third-order valence-electron chi connectivity index (χ3n) is 4.60. The first-order valence-corrected chi connectivity index (χ1v) is 9.77. The lowest BCUT2D eigenvalue weighted by Crippen LogP contribution is -2.42. The van der Waals surface area contributed by atoms with Crippen LogP contribution in [0.25, 0.3) is 11.4 Å². The second kappa shape index (κ2) is 8.47. The van der Waals surface area contributed by atoms with Gasteiger partial charge in [-0.05, 0) is 31.9 Å². The molecule has 1 heterocycles. The van der Waals surface area contributed by atoms with Gasteiger partial charge in [-0.15, -0.1) is 5.10 Å². The number of hydrogen-bond donors (Lipinski definition) is 1. The minimum atomic E-state index is -0.347.